The molecule has 0 saturated heterocycles. The number of nitrogens with one attached hydrogen (secondary N) is 1. The molecule has 3 rings (SSSR count). The van der Waals surface area contributed by atoms with Crippen molar-refractivity contribution in [3.63, 3.8) is 0 Å². The zero-order valence-electron chi connectivity index (χ0n) is 14.9. The van der Waals surface area contributed by atoms with Gasteiger partial charge in [-0.15, -0.1) is 0 Å². The molecule has 1 unspecified atom stereocenters. The minimum absolute atomic E-state index is 0.401. The van der Waals surface area contributed by atoms with Crippen LogP contribution in [-0.4, -0.2) is 27.3 Å². The van der Waals surface area contributed by atoms with Crippen LogP contribution in [0.25, 0.3) is 0 Å². The van der Waals surface area contributed by atoms with Gasteiger partial charge in [0.2, 0.25) is 0 Å². The van der Waals surface area contributed by atoms with Gasteiger partial charge >= 0.3 is 0 Å². The van der Waals surface area contributed by atoms with Crippen LogP contribution in [0.15, 0.2) is 36.4 Å². The molecule has 0 amide bonds. The van der Waals surface area contributed by atoms with E-state index in [1.165, 1.54) is 22.3 Å². The average Bonchev–Trinajstić information content (AvgIpc) is 2.78. The van der Waals surface area contributed by atoms with E-state index in [9.17, 15) is 0 Å². The number of benzene rings is 2. The van der Waals surface area contributed by atoms with Crippen molar-refractivity contribution >= 4 is 0 Å². The zero-order chi connectivity index (χ0) is 16.9. The summed E-state index contributed by atoms with van der Waals surface area (Å²) < 4.78 is 11.1. The fourth-order valence-corrected chi connectivity index (χ4v) is 3.75. The van der Waals surface area contributed by atoms with Crippen LogP contribution in [0.1, 0.15) is 41.5 Å². The van der Waals surface area contributed by atoms with Crippen LogP contribution in [0.2, 0.25) is 0 Å². The highest BCUT2D eigenvalue weighted by Gasteiger charge is 2.25. The smallest absolute Gasteiger partial charge is 0.161 e. The summed E-state index contributed by atoms with van der Waals surface area (Å²) in [6.45, 7) is 4.18. The standard InChI is InChI=1S/C21H27NO2/c1-4-22-12-11-18-17-8-6-5-7-15(17)9-10-16-13-20(23-2)21(24-3)14-19(16)18/h5-8,13-14,18,22H,4,9-12H2,1-3H3. The molecule has 0 spiro atoms. The molecule has 0 fully saturated rings. The second-order valence-corrected chi connectivity index (χ2v) is 6.30. The first-order chi connectivity index (χ1) is 11.8. The summed E-state index contributed by atoms with van der Waals surface area (Å²) in [7, 11) is 3.42. The van der Waals surface area contributed by atoms with Crippen molar-refractivity contribution in [2.75, 3.05) is 27.3 Å². The van der Waals surface area contributed by atoms with Gasteiger partial charge in [-0.1, -0.05) is 31.2 Å². The van der Waals surface area contributed by atoms with Crippen molar-refractivity contribution in [1.82, 2.24) is 5.32 Å². The van der Waals surface area contributed by atoms with E-state index in [2.05, 4.69) is 48.6 Å². The number of rotatable bonds is 6. The van der Waals surface area contributed by atoms with E-state index in [1.807, 2.05) is 0 Å². The molecule has 3 nitrogen and oxygen atoms in total. The molecule has 2 aromatic rings. The lowest BCUT2D eigenvalue weighted by atomic mass is 9.85. The van der Waals surface area contributed by atoms with Gasteiger partial charge in [-0.05, 0) is 66.7 Å². The molecule has 0 heterocycles. The Labute approximate surface area is 145 Å². The molecule has 1 N–H and O–H groups in total. The normalized spacial score (nSPS) is 16.0. The van der Waals surface area contributed by atoms with E-state index in [4.69, 9.17) is 9.47 Å². The molecule has 2 aromatic carbocycles. The molecule has 3 heteroatoms. The van der Waals surface area contributed by atoms with Gasteiger partial charge < -0.3 is 14.8 Å². The van der Waals surface area contributed by atoms with Crippen molar-refractivity contribution < 1.29 is 9.47 Å². The first-order valence-electron chi connectivity index (χ1n) is 8.81. The third kappa shape index (κ3) is 3.27. The Kier molecular flexibility index (Phi) is 5.41. The Balaban J connectivity index is 2.08. The highest BCUT2D eigenvalue weighted by molar-refractivity contribution is 5.53. The lowest BCUT2D eigenvalue weighted by Crippen LogP contribution is -2.18. The summed E-state index contributed by atoms with van der Waals surface area (Å²) in [5.41, 5.74) is 5.69. The van der Waals surface area contributed by atoms with Crippen molar-refractivity contribution in [2.24, 2.45) is 0 Å². The number of methoxy groups -OCH3 is 2. The fraction of sp³-hybridized carbons (Fsp3) is 0.429. The molecular weight excluding hydrogens is 298 g/mol. The van der Waals surface area contributed by atoms with Crippen LogP contribution in [0.5, 0.6) is 11.5 Å². The maximum atomic E-state index is 5.56. The number of aryl methyl sites for hydroxylation is 2. The van der Waals surface area contributed by atoms with Crippen molar-refractivity contribution in [3.05, 3.63) is 58.7 Å². The minimum Gasteiger partial charge on any atom is -0.493 e. The average molecular weight is 325 g/mol. The summed E-state index contributed by atoms with van der Waals surface area (Å²) in [5, 5.41) is 3.47. The summed E-state index contributed by atoms with van der Waals surface area (Å²) in [4.78, 5) is 0. The van der Waals surface area contributed by atoms with Crippen LogP contribution in [0.3, 0.4) is 0 Å². The number of hydrogen-bond donors (Lipinski definition) is 1. The molecule has 0 bridgehead atoms. The monoisotopic (exact) mass is 325 g/mol. The highest BCUT2D eigenvalue weighted by atomic mass is 16.5. The van der Waals surface area contributed by atoms with E-state index in [-0.39, 0.29) is 0 Å². The molecule has 24 heavy (non-hydrogen) atoms. The molecule has 0 saturated carbocycles. The van der Waals surface area contributed by atoms with Gasteiger partial charge in [0, 0.05) is 5.92 Å². The Morgan fingerprint density at radius 1 is 0.958 bits per heavy atom. The summed E-state index contributed by atoms with van der Waals surface area (Å²) in [5.74, 6) is 2.05. The first-order valence-corrected chi connectivity index (χ1v) is 8.81. The van der Waals surface area contributed by atoms with Gasteiger partial charge in [-0.25, -0.2) is 0 Å². The third-order valence-corrected chi connectivity index (χ3v) is 4.97. The second-order valence-electron chi connectivity index (χ2n) is 6.30. The van der Waals surface area contributed by atoms with Gasteiger partial charge in [-0.3, -0.25) is 0 Å². The highest BCUT2D eigenvalue weighted by Crippen LogP contribution is 2.41. The van der Waals surface area contributed by atoms with Gasteiger partial charge in [0.25, 0.3) is 0 Å². The zero-order valence-corrected chi connectivity index (χ0v) is 14.9. The maximum absolute atomic E-state index is 5.56. The molecular formula is C21H27NO2. The predicted molar refractivity (Wildman–Crippen MR) is 98.4 cm³/mol. The lowest BCUT2D eigenvalue weighted by Gasteiger charge is -2.22. The predicted octanol–water partition coefficient (Wildman–Crippen LogP) is 3.93. The number of fused-ring (bicyclic) bond motifs is 2. The maximum Gasteiger partial charge on any atom is 0.161 e. The van der Waals surface area contributed by atoms with E-state index in [0.717, 1.165) is 43.9 Å². The van der Waals surface area contributed by atoms with E-state index in [1.54, 1.807) is 14.2 Å². The van der Waals surface area contributed by atoms with Crippen LogP contribution in [0.4, 0.5) is 0 Å². The minimum atomic E-state index is 0.401. The molecule has 128 valence electrons. The van der Waals surface area contributed by atoms with Crippen molar-refractivity contribution in [1.29, 1.82) is 0 Å². The Hall–Kier alpha value is -2.00. The van der Waals surface area contributed by atoms with Gasteiger partial charge in [0.05, 0.1) is 14.2 Å². The van der Waals surface area contributed by atoms with E-state index < -0.39 is 0 Å². The molecule has 1 atom stereocenters. The summed E-state index contributed by atoms with van der Waals surface area (Å²) >= 11 is 0. The fourth-order valence-electron chi connectivity index (χ4n) is 3.75. The van der Waals surface area contributed by atoms with Crippen molar-refractivity contribution in [2.45, 2.75) is 32.1 Å². The van der Waals surface area contributed by atoms with E-state index in [0.29, 0.717) is 5.92 Å². The SMILES string of the molecule is CCNCCC1c2ccccc2CCc2cc(OC)c(OC)cc21. The number of hydrogen-bond acceptors (Lipinski definition) is 3. The van der Waals surface area contributed by atoms with E-state index >= 15 is 0 Å². The quantitative estimate of drug-likeness (QED) is 0.816. The Morgan fingerprint density at radius 3 is 2.42 bits per heavy atom. The molecule has 1 aliphatic carbocycles. The van der Waals surface area contributed by atoms with Gasteiger partial charge in [0.1, 0.15) is 0 Å². The molecule has 0 radical (unpaired) electrons. The summed E-state index contributed by atoms with van der Waals surface area (Å²) in [6.07, 6.45) is 3.22. The van der Waals surface area contributed by atoms with Crippen LogP contribution in [0, 0.1) is 0 Å². The number of ether oxygens (including phenoxy) is 2. The Morgan fingerprint density at radius 2 is 1.67 bits per heavy atom. The molecule has 0 aromatic heterocycles. The van der Waals surface area contributed by atoms with Crippen molar-refractivity contribution in [3.8, 4) is 11.5 Å². The lowest BCUT2D eigenvalue weighted by molar-refractivity contribution is 0.354. The van der Waals surface area contributed by atoms with Crippen LogP contribution < -0.4 is 14.8 Å². The van der Waals surface area contributed by atoms with Gasteiger partial charge in [-0.2, -0.15) is 0 Å². The van der Waals surface area contributed by atoms with Crippen LogP contribution >= 0.6 is 0 Å². The largest absolute Gasteiger partial charge is 0.493 e. The summed E-state index contributed by atoms with van der Waals surface area (Å²) in [6, 6.07) is 13.2. The van der Waals surface area contributed by atoms with Crippen LogP contribution in [-0.2, 0) is 12.8 Å². The molecule has 0 aliphatic heterocycles. The topological polar surface area (TPSA) is 30.5 Å². The first kappa shape index (κ1) is 16.8. The molecule has 1 aliphatic rings. The second kappa shape index (κ2) is 7.71. The van der Waals surface area contributed by atoms with Gasteiger partial charge in [0.15, 0.2) is 11.5 Å². The third-order valence-electron chi connectivity index (χ3n) is 4.97. The Bertz CT molecular complexity index is 696.